The van der Waals surface area contributed by atoms with Crippen LogP contribution in [0.25, 0.3) is 0 Å². The summed E-state index contributed by atoms with van der Waals surface area (Å²) in [6.07, 6.45) is 7.60. The van der Waals surface area contributed by atoms with Gasteiger partial charge in [0.05, 0.1) is 5.03 Å². The number of amides is 1. The van der Waals surface area contributed by atoms with Crippen LogP contribution in [0.2, 0.25) is 0 Å². The highest BCUT2D eigenvalue weighted by atomic mass is 35.5. The highest BCUT2D eigenvalue weighted by Gasteiger charge is 2.36. The van der Waals surface area contributed by atoms with Gasteiger partial charge in [0.25, 0.3) is 5.91 Å². The standard InChI is InChI=1S/C16H16ClN3O2/c17-13-9-12-6-7-20(15(12)18-10-13)14(16(21)19-22)8-11-4-2-1-3-5-11/h1-7,9-10,12,14-15,22H,8H2,(H,19,21). The van der Waals surface area contributed by atoms with Gasteiger partial charge in [-0.3, -0.25) is 15.0 Å². The third-order valence-corrected chi connectivity index (χ3v) is 4.10. The van der Waals surface area contributed by atoms with Crippen LogP contribution in [0.5, 0.6) is 0 Å². The number of carbonyl (C=O) groups is 1. The van der Waals surface area contributed by atoms with Gasteiger partial charge in [0, 0.05) is 18.6 Å². The number of dihydropyridines is 1. The molecule has 0 fully saturated rings. The Morgan fingerprint density at radius 3 is 2.91 bits per heavy atom. The van der Waals surface area contributed by atoms with Gasteiger partial charge < -0.3 is 4.90 Å². The highest BCUT2D eigenvalue weighted by Crippen LogP contribution is 2.30. The fourth-order valence-corrected chi connectivity index (χ4v) is 3.01. The van der Waals surface area contributed by atoms with E-state index in [0.717, 1.165) is 5.56 Å². The number of aliphatic imine (C=N–C) groups is 1. The second kappa shape index (κ2) is 6.34. The number of hydrogen-bond donors (Lipinski definition) is 2. The molecule has 0 saturated heterocycles. The topological polar surface area (TPSA) is 64.9 Å². The Morgan fingerprint density at radius 2 is 2.18 bits per heavy atom. The Kier molecular flexibility index (Phi) is 4.27. The Morgan fingerprint density at radius 1 is 1.41 bits per heavy atom. The predicted molar refractivity (Wildman–Crippen MR) is 84.5 cm³/mol. The number of fused-ring (bicyclic) bond motifs is 1. The van der Waals surface area contributed by atoms with Gasteiger partial charge in [-0.15, -0.1) is 0 Å². The number of allylic oxidation sites excluding steroid dienone is 1. The first-order chi connectivity index (χ1) is 10.7. The minimum atomic E-state index is -0.541. The summed E-state index contributed by atoms with van der Waals surface area (Å²) in [7, 11) is 0. The van der Waals surface area contributed by atoms with Gasteiger partial charge >= 0.3 is 0 Å². The Labute approximate surface area is 133 Å². The van der Waals surface area contributed by atoms with Crippen LogP contribution in [0.1, 0.15) is 5.56 Å². The van der Waals surface area contributed by atoms with Crippen molar-refractivity contribution in [1.29, 1.82) is 0 Å². The largest absolute Gasteiger partial charge is 0.343 e. The van der Waals surface area contributed by atoms with Gasteiger partial charge in [0.15, 0.2) is 0 Å². The van der Waals surface area contributed by atoms with Crippen LogP contribution in [-0.2, 0) is 11.2 Å². The number of rotatable bonds is 4. The first-order valence-corrected chi connectivity index (χ1v) is 7.41. The van der Waals surface area contributed by atoms with Crippen LogP contribution in [0.15, 0.2) is 58.7 Å². The summed E-state index contributed by atoms with van der Waals surface area (Å²) in [5.74, 6) is -0.410. The van der Waals surface area contributed by atoms with Crippen molar-refractivity contribution < 1.29 is 10.0 Å². The van der Waals surface area contributed by atoms with Crippen LogP contribution in [0.3, 0.4) is 0 Å². The SMILES string of the molecule is O=C(NO)C(Cc1ccccc1)N1C=CC2C=C(Cl)C=NC21. The van der Waals surface area contributed by atoms with Crippen molar-refractivity contribution in [1.82, 2.24) is 10.4 Å². The van der Waals surface area contributed by atoms with E-state index in [4.69, 9.17) is 16.8 Å². The van der Waals surface area contributed by atoms with Crippen molar-refractivity contribution in [3.63, 3.8) is 0 Å². The zero-order valence-electron chi connectivity index (χ0n) is 11.8. The monoisotopic (exact) mass is 317 g/mol. The fraction of sp³-hybridized carbons (Fsp3) is 0.250. The molecule has 6 heteroatoms. The zero-order valence-corrected chi connectivity index (χ0v) is 12.5. The van der Waals surface area contributed by atoms with E-state index in [1.54, 1.807) is 11.7 Å². The van der Waals surface area contributed by atoms with E-state index in [-0.39, 0.29) is 12.1 Å². The minimum absolute atomic E-state index is 0.0438. The van der Waals surface area contributed by atoms with Crippen LogP contribution in [-0.4, -0.2) is 34.4 Å². The molecular formula is C16H16ClN3O2. The third-order valence-electron chi connectivity index (χ3n) is 3.88. The molecule has 0 aliphatic carbocycles. The Bertz CT molecular complexity index is 642. The van der Waals surface area contributed by atoms with E-state index in [2.05, 4.69) is 4.99 Å². The lowest BCUT2D eigenvalue weighted by Gasteiger charge is -2.33. The van der Waals surface area contributed by atoms with E-state index in [9.17, 15) is 4.79 Å². The van der Waals surface area contributed by atoms with Crippen LogP contribution in [0.4, 0.5) is 0 Å². The van der Waals surface area contributed by atoms with Crippen molar-refractivity contribution in [3.05, 3.63) is 59.3 Å². The number of nitrogens with one attached hydrogen (secondary N) is 1. The summed E-state index contributed by atoms with van der Waals surface area (Å²) < 4.78 is 0. The molecular weight excluding hydrogens is 302 g/mol. The molecule has 1 aromatic rings. The fourth-order valence-electron chi connectivity index (χ4n) is 2.81. The molecule has 1 amide bonds. The Balaban J connectivity index is 1.83. The average molecular weight is 318 g/mol. The molecule has 3 rings (SSSR count). The molecule has 22 heavy (non-hydrogen) atoms. The quantitative estimate of drug-likeness (QED) is 0.660. The molecule has 2 aliphatic heterocycles. The van der Waals surface area contributed by atoms with Gasteiger partial charge in [-0.2, -0.15) is 0 Å². The Hall–Kier alpha value is -2.11. The smallest absolute Gasteiger partial charge is 0.266 e. The summed E-state index contributed by atoms with van der Waals surface area (Å²) in [6.45, 7) is 0. The lowest BCUT2D eigenvalue weighted by Crippen LogP contribution is -2.48. The first-order valence-electron chi connectivity index (χ1n) is 7.03. The van der Waals surface area contributed by atoms with E-state index in [1.807, 2.05) is 53.6 Å². The summed E-state index contributed by atoms with van der Waals surface area (Å²) in [4.78, 5) is 18.4. The molecule has 0 aromatic heterocycles. The highest BCUT2D eigenvalue weighted by molar-refractivity contribution is 6.39. The second-order valence-electron chi connectivity index (χ2n) is 5.29. The third kappa shape index (κ3) is 2.91. The molecule has 0 spiro atoms. The van der Waals surface area contributed by atoms with Gasteiger partial charge in [0.1, 0.15) is 12.2 Å². The molecule has 0 radical (unpaired) electrons. The number of benzene rings is 1. The lowest BCUT2D eigenvalue weighted by molar-refractivity contribution is -0.134. The zero-order chi connectivity index (χ0) is 15.5. The molecule has 3 unspecified atom stereocenters. The summed E-state index contributed by atoms with van der Waals surface area (Å²) >= 11 is 5.97. The van der Waals surface area contributed by atoms with Gasteiger partial charge in [-0.25, -0.2) is 5.48 Å². The molecule has 5 nitrogen and oxygen atoms in total. The molecule has 2 heterocycles. The van der Waals surface area contributed by atoms with Gasteiger partial charge in [-0.1, -0.05) is 54.1 Å². The van der Waals surface area contributed by atoms with Gasteiger partial charge in [0.2, 0.25) is 0 Å². The molecule has 114 valence electrons. The van der Waals surface area contributed by atoms with Crippen LogP contribution in [0, 0.1) is 5.92 Å². The maximum absolute atomic E-state index is 12.1. The maximum Gasteiger partial charge on any atom is 0.266 e. The van der Waals surface area contributed by atoms with Gasteiger partial charge in [-0.05, 0) is 11.8 Å². The number of carbonyl (C=O) groups excluding carboxylic acids is 1. The molecule has 0 saturated carbocycles. The molecule has 1 aromatic carbocycles. The number of nitrogens with zero attached hydrogens (tertiary/aromatic N) is 2. The minimum Gasteiger partial charge on any atom is -0.343 e. The van der Waals surface area contributed by atoms with Crippen molar-refractivity contribution in [2.75, 3.05) is 0 Å². The normalized spacial score (nSPS) is 23.9. The second-order valence-corrected chi connectivity index (χ2v) is 5.73. The van der Waals surface area contributed by atoms with Crippen LogP contribution < -0.4 is 5.48 Å². The van der Waals surface area contributed by atoms with Crippen molar-refractivity contribution in [2.45, 2.75) is 18.6 Å². The van der Waals surface area contributed by atoms with Crippen molar-refractivity contribution in [3.8, 4) is 0 Å². The maximum atomic E-state index is 12.1. The van der Waals surface area contributed by atoms with E-state index in [0.29, 0.717) is 11.5 Å². The van der Waals surface area contributed by atoms with E-state index in [1.165, 1.54) is 0 Å². The first kappa shape index (κ1) is 14.8. The average Bonchev–Trinajstić information content (AvgIpc) is 2.95. The lowest BCUT2D eigenvalue weighted by atomic mass is 10.0. The summed E-state index contributed by atoms with van der Waals surface area (Å²) in [5, 5.41) is 9.66. The van der Waals surface area contributed by atoms with Crippen LogP contribution >= 0.6 is 11.6 Å². The van der Waals surface area contributed by atoms with E-state index >= 15 is 0 Å². The molecule has 0 bridgehead atoms. The summed E-state index contributed by atoms with van der Waals surface area (Å²) in [6, 6.07) is 9.14. The van der Waals surface area contributed by atoms with E-state index < -0.39 is 11.9 Å². The summed E-state index contributed by atoms with van der Waals surface area (Å²) in [5.41, 5.74) is 2.77. The predicted octanol–water partition coefficient (Wildman–Crippen LogP) is 2.08. The number of hydroxylamine groups is 1. The molecule has 2 N–H and O–H groups in total. The molecule has 3 atom stereocenters. The molecule has 2 aliphatic rings. The van der Waals surface area contributed by atoms with Crippen molar-refractivity contribution in [2.24, 2.45) is 10.9 Å². The number of hydrogen-bond acceptors (Lipinski definition) is 4. The number of halogens is 1. The van der Waals surface area contributed by atoms with Crippen molar-refractivity contribution >= 4 is 23.7 Å².